The number of carbonyl (C=O) groups excluding carboxylic acids is 1. The molecule has 2 fully saturated rings. The Kier molecular flexibility index (Phi) is 5.10. The van der Waals surface area contributed by atoms with Crippen molar-refractivity contribution in [1.82, 2.24) is 20.4 Å². The molecule has 6 heteroatoms. The fourth-order valence-electron chi connectivity index (χ4n) is 3.35. The molecule has 2 aliphatic heterocycles. The van der Waals surface area contributed by atoms with Crippen LogP contribution < -0.4 is 5.32 Å². The first-order chi connectivity index (χ1) is 10.7. The summed E-state index contributed by atoms with van der Waals surface area (Å²) in [6.45, 7) is 6.80. The van der Waals surface area contributed by atoms with Crippen molar-refractivity contribution in [2.24, 2.45) is 5.92 Å². The van der Waals surface area contributed by atoms with Gasteiger partial charge >= 0.3 is 0 Å². The van der Waals surface area contributed by atoms with Crippen LogP contribution in [0.1, 0.15) is 36.6 Å². The standard InChI is InChI=1S/C16H26N4O2/c1-12-7-15(19-18-12)14-3-2-5-20(9-14)10-16(21)17-8-13-4-6-22-11-13/h7,13-14H,2-6,8-11H2,1H3,(H,17,21)(H,18,19)/t13-,14-/m1/s1. The predicted octanol–water partition coefficient (Wildman–Crippen LogP) is 1.05. The highest BCUT2D eigenvalue weighted by Crippen LogP contribution is 2.25. The molecule has 0 saturated carbocycles. The van der Waals surface area contributed by atoms with E-state index in [1.54, 1.807) is 0 Å². The average molecular weight is 306 g/mol. The minimum atomic E-state index is 0.130. The second-order valence-corrected chi connectivity index (χ2v) is 6.58. The topological polar surface area (TPSA) is 70.2 Å². The number of H-pyrrole nitrogens is 1. The van der Waals surface area contributed by atoms with E-state index in [0.717, 1.165) is 63.5 Å². The highest BCUT2D eigenvalue weighted by Gasteiger charge is 2.24. The lowest BCUT2D eigenvalue weighted by Crippen LogP contribution is -2.43. The van der Waals surface area contributed by atoms with Crippen molar-refractivity contribution in [3.63, 3.8) is 0 Å². The third kappa shape index (κ3) is 4.08. The van der Waals surface area contributed by atoms with Gasteiger partial charge in [0.2, 0.25) is 5.91 Å². The van der Waals surface area contributed by atoms with E-state index in [1.807, 2.05) is 6.92 Å². The van der Waals surface area contributed by atoms with Gasteiger partial charge in [0.15, 0.2) is 0 Å². The molecule has 3 heterocycles. The summed E-state index contributed by atoms with van der Waals surface area (Å²) in [5.41, 5.74) is 2.23. The molecule has 2 saturated heterocycles. The number of hydrogen-bond acceptors (Lipinski definition) is 4. The van der Waals surface area contributed by atoms with Gasteiger partial charge in [0, 0.05) is 37.2 Å². The normalized spacial score (nSPS) is 26.2. The minimum absolute atomic E-state index is 0.130. The molecular formula is C16H26N4O2. The lowest BCUT2D eigenvalue weighted by atomic mass is 9.94. The number of piperidine rings is 1. The summed E-state index contributed by atoms with van der Waals surface area (Å²) in [6.07, 6.45) is 3.34. The Morgan fingerprint density at radius 1 is 1.55 bits per heavy atom. The summed E-state index contributed by atoms with van der Waals surface area (Å²) in [7, 11) is 0. The van der Waals surface area contributed by atoms with E-state index < -0.39 is 0 Å². The van der Waals surface area contributed by atoms with Crippen LogP contribution in [0.2, 0.25) is 0 Å². The second-order valence-electron chi connectivity index (χ2n) is 6.58. The molecule has 0 radical (unpaired) electrons. The number of aryl methyl sites for hydroxylation is 1. The van der Waals surface area contributed by atoms with E-state index in [0.29, 0.717) is 18.4 Å². The van der Waals surface area contributed by atoms with Gasteiger partial charge in [-0.25, -0.2) is 0 Å². The molecule has 1 aromatic heterocycles. The minimum Gasteiger partial charge on any atom is -0.381 e. The van der Waals surface area contributed by atoms with Gasteiger partial charge in [0.05, 0.1) is 18.8 Å². The fourth-order valence-corrected chi connectivity index (χ4v) is 3.35. The molecule has 2 atom stereocenters. The maximum absolute atomic E-state index is 12.1. The van der Waals surface area contributed by atoms with Crippen LogP contribution in [0.15, 0.2) is 6.07 Å². The van der Waals surface area contributed by atoms with Crippen molar-refractivity contribution < 1.29 is 9.53 Å². The third-order valence-corrected chi connectivity index (χ3v) is 4.63. The number of ether oxygens (including phenoxy) is 1. The quantitative estimate of drug-likeness (QED) is 0.853. The Bertz CT molecular complexity index is 496. The van der Waals surface area contributed by atoms with Crippen molar-refractivity contribution in [1.29, 1.82) is 0 Å². The van der Waals surface area contributed by atoms with Crippen LogP contribution in [0, 0.1) is 12.8 Å². The SMILES string of the molecule is Cc1cc([C@@H]2CCCN(CC(=O)NC[C@H]3CCOC3)C2)n[nH]1. The molecular weight excluding hydrogens is 280 g/mol. The van der Waals surface area contributed by atoms with Gasteiger partial charge in [-0.1, -0.05) is 0 Å². The first-order valence-electron chi connectivity index (χ1n) is 8.29. The van der Waals surface area contributed by atoms with Crippen LogP contribution in [0.5, 0.6) is 0 Å². The molecule has 1 aromatic rings. The van der Waals surface area contributed by atoms with Gasteiger partial charge in [-0.3, -0.25) is 14.8 Å². The van der Waals surface area contributed by atoms with Gasteiger partial charge in [-0.05, 0) is 38.8 Å². The zero-order valence-electron chi connectivity index (χ0n) is 13.3. The monoisotopic (exact) mass is 306 g/mol. The molecule has 0 aromatic carbocycles. The number of rotatable bonds is 5. The van der Waals surface area contributed by atoms with Crippen molar-refractivity contribution in [2.75, 3.05) is 39.4 Å². The number of hydrogen-bond donors (Lipinski definition) is 2. The predicted molar refractivity (Wildman–Crippen MR) is 83.7 cm³/mol. The molecule has 3 rings (SSSR count). The summed E-state index contributed by atoms with van der Waals surface area (Å²) in [6, 6.07) is 2.12. The van der Waals surface area contributed by atoms with Crippen LogP contribution in [0.25, 0.3) is 0 Å². The van der Waals surface area contributed by atoms with Gasteiger partial charge in [0.1, 0.15) is 0 Å². The largest absolute Gasteiger partial charge is 0.381 e. The van der Waals surface area contributed by atoms with Crippen LogP contribution in [0.4, 0.5) is 0 Å². The zero-order valence-corrected chi connectivity index (χ0v) is 13.3. The van der Waals surface area contributed by atoms with E-state index >= 15 is 0 Å². The maximum atomic E-state index is 12.1. The van der Waals surface area contributed by atoms with E-state index in [1.165, 1.54) is 0 Å². The highest BCUT2D eigenvalue weighted by atomic mass is 16.5. The number of likely N-dealkylation sites (tertiary alicyclic amines) is 1. The highest BCUT2D eigenvalue weighted by molar-refractivity contribution is 5.78. The van der Waals surface area contributed by atoms with Gasteiger partial charge in [-0.2, -0.15) is 5.10 Å². The van der Waals surface area contributed by atoms with Crippen LogP contribution >= 0.6 is 0 Å². The van der Waals surface area contributed by atoms with E-state index in [-0.39, 0.29) is 5.91 Å². The molecule has 0 unspecified atom stereocenters. The van der Waals surface area contributed by atoms with Crippen LogP contribution in [0.3, 0.4) is 0 Å². The van der Waals surface area contributed by atoms with Crippen molar-refractivity contribution in [3.8, 4) is 0 Å². The lowest BCUT2D eigenvalue weighted by molar-refractivity contribution is -0.122. The van der Waals surface area contributed by atoms with Gasteiger partial charge in [0.25, 0.3) is 0 Å². The zero-order chi connectivity index (χ0) is 15.4. The molecule has 0 spiro atoms. The first-order valence-corrected chi connectivity index (χ1v) is 8.29. The van der Waals surface area contributed by atoms with E-state index in [9.17, 15) is 4.79 Å². The second kappa shape index (κ2) is 7.24. The molecule has 0 aliphatic carbocycles. The molecule has 22 heavy (non-hydrogen) atoms. The Hall–Kier alpha value is -1.40. The number of aromatic nitrogens is 2. The van der Waals surface area contributed by atoms with E-state index in [2.05, 4.69) is 26.5 Å². The smallest absolute Gasteiger partial charge is 0.234 e. The fraction of sp³-hybridized carbons (Fsp3) is 0.750. The Labute approximate surface area is 131 Å². The van der Waals surface area contributed by atoms with Crippen LogP contribution in [-0.4, -0.2) is 60.4 Å². The van der Waals surface area contributed by atoms with Crippen LogP contribution in [-0.2, 0) is 9.53 Å². The first kappa shape index (κ1) is 15.5. The number of carbonyl (C=O) groups is 1. The number of amides is 1. The van der Waals surface area contributed by atoms with Crippen molar-refractivity contribution in [3.05, 3.63) is 17.5 Å². The number of aromatic amines is 1. The summed E-state index contributed by atoms with van der Waals surface area (Å²) in [5, 5.41) is 10.4. The molecule has 2 N–H and O–H groups in total. The Balaban J connectivity index is 1.44. The van der Waals surface area contributed by atoms with E-state index in [4.69, 9.17) is 4.74 Å². The Morgan fingerprint density at radius 3 is 3.18 bits per heavy atom. The van der Waals surface area contributed by atoms with Gasteiger partial charge in [-0.15, -0.1) is 0 Å². The average Bonchev–Trinajstić information content (AvgIpc) is 3.17. The van der Waals surface area contributed by atoms with Gasteiger partial charge < -0.3 is 10.1 Å². The third-order valence-electron chi connectivity index (χ3n) is 4.63. The molecule has 2 aliphatic rings. The summed E-state index contributed by atoms with van der Waals surface area (Å²) in [4.78, 5) is 14.3. The molecule has 1 amide bonds. The maximum Gasteiger partial charge on any atom is 0.234 e. The summed E-state index contributed by atoms with van der Waals surface area (Å²) < 4.78 is 5.33. The van der Waals surface area contributed by atoms with Crippen molar-refractivity contribution in [2.45, 2.75) is 32.1 Å². The number of nitrogens with zero attached hydrogens (tertiary/aromatic N) is 2. The Morgan fingerprint density at radius 2 is 2.45 bits per heavy atom. The molecule has 122 valence electrons. The number of nitrogens with one attached hydrogen (secondary N) is 2. The molecule has 6 nitrogen and oxygen atoms in total. The summed E-state index contributed by atoms with van der Waals surface area (Å²) in [5.74, 6) is 1.06. The lowest BCUT2D eigenvalue weighted by Gasteiger charge is -2.31. The van der Waals surface area contributed by atoms with Crippen molar-refractivity contribution >= 4 is 5.91 Å². The summed E-state index contributed by atoms with van der Waals surface area (Å²) >= 11 is 0. The molecule has 0 bridgehead atoms.